The molecule has 0 saturated carbocycles. The summed E-state index contributed by atoms with van der Waals surface area (Å²) in [4.78, 5) is 1.06. The molecule has 1 aliphatic heterocycles. The van der Waals surface area contributed by atoms with Gasteiger partial charge >= 0.3 is 10.1 Å². The van der Waals surface area contributed by atoms with Gasteiger partial charge in [-0.15, -0.1) is 0 Å². The fourth-order valence-corrected chi connectivity index (χ4v) is 3.76. The van der Waals surface area contributed by atoms with E-state index in [-0.39, 0.29) is 4.90 Å². The Kier molecular flexibility index (Phi) is 5.11. The van der Waals surface area contributed by atoms with E-state index in [4.69, 9.17) is 4.28 Å². The number of aryl methyl sites for hydroxylation is 2. The van der Waals surface area contributed by atoms with Gasteiger partial charge in [0, 0.05) is 4.91 Å². The average Bonchev–Trinajstić information content (AvgIpc) is 3.03. The highest BCUT2D eigenvalue weighted by Gasteiger charge is 2.17. The minimum Gasteiger partial charge on any atom is -0.264 e. The third-order valence-corrected chi connectivity index (χ3v) is 5.66. The van der Waals surface area contributed by atoms with Crippen LogP contribution in [0.2, 0.25) is 0 Å². The summed E-state index contributed by atoms with van der Waals surface area (Å²) in [5.41, 5.74) is 3.27. The van der Waals surface area contributed by atoms with Crippen LogP contribution >= 0.6 is 11.8 Å². The molecule has 0 atom stereocenters. The second kappa shape index (κ2) is 7.29. The van der Waals surface area contributed by atoms with Crippen LogP contribution in [-0.4, -0.2) is 13.5 Å². The van der Waals surface area contributed by atoms with E-state index < -0.39 is 10.1 Å². The van der Waals surface area contributed by atoms with Crippen LogP contribution in [0.4, 0.5) is 0 Å². The van der Waals surface area contributed by atoms with Crippen molar-refractivity contribution in [1.29, 1.82) is 0 Å². The summed E-state index contributed by atoms with van der Waals surface area (Å²) >= 11 is 1.36. The first-order valence-electron chi connectivity index (χ1n) is 7.66. The van der Waals surface area contributed by atoms with E-state index in [9.17, 15) is 8.42 Å². The van der Waals surface area contributed by atoms with Crippen LogP contribution in [0.3, 0.4) is 0 Å². The number of rotatable bonds is 4. The highest BCUT2D eigenvalue weighted by Crippen LogP contribution is 2.30. The van der Waals surface area contributed by atoms with E-state index in [1.165, 1.54) is 29.5 Å². The van der Waals surface area contributed by atoms with E-state index in [2.05, 4.69) is 5.16 Å². The Morgan fingerprint density at radius 3 is 2.44 bits per heavy atom. The van der Waals surface area contributed by atoms with Crippen LogP contribution < -0.4 is 0 Å². The molecule has 0 amide bonds. The summed E-state index contributed by atoms with van der Waals surface area (Å²) in [6, 6.07) is 14.5. The Labute approximate surface area is 152 Å². The molecule has 25 heavy (non-hydrogen) atoms. The van der Waals surface area contributed by atoms with Crippen LogP contribution in [0.25, 0.3) is 6.08 Å². The summed E-state index contributed by atoms with van der Waals surface area (Å²) in [6.07, 6.45) is 5.66. The fraction of sp³-hybridized carbons (Fsp3) is 0.105. The van der Waals surface area contributed by atoms with Crippen molar-refractivity contribution in [2.24, 2.45) is 5.16 Å². The van der Waals surface area contributed by atoms with Crippen molar-refractivity contribution in [3.63, 3.8) is 0 Å². The predicted octanol–water partition coefficient (Wildman–Crippen LogP) is 4.67. The first-order valence-corrected chi connectivity index (χ1v) is 9.88. The normalized spacial score (nSPS) is 17.4. The lowest BCUT2D eigenvalue weighted by atomic mass is 10.1. The van der Waals surface area contributed by atoms with Crippen LogP contribution in [0.5, 0.6) is 0 Å². The molecule has 128 valence electrons. The number of hydrogen-bond donors (Lipinski definition) is 0. The van der Waals surface area contributed by atoms with Gasteiger partial charge in [0.15, 0.2) is 0 Å². The third-order valence-electron chi connectivity index (χ3n) is 3.63. The van der Waals surface area contributed by atoms with Crippen LogP contribution in [0, 0.1) is 13.8 Å². The molecular weight excluding hydrogens is 354 g/mol. The molecule has 0 fully saturated rings. The zero-order valence-electron chi connectivity index (χ0n) is 13.8. The first kappa shape index (κ1) is 17.5. The Hall–Kier alpha value is -2.31. The molecule has 0 aromatic heterocycles. The Morgan fingerprint density at radius 1 is 1.00 bits per heavy atom. The van der Waals surface area contributed by atoms with Crippen LogP contribution in [0.1, 0.15) is 16.7 Å². The highest BCUT2D eigenvalue weighted by molar-refractivity contribution is 8.18. The number of benzene rings is 2. The van der Waals surface area contributed by atoms with Crippen molar-refractivity contribution in [3.8, 4) is 0 Å². The van der Waals surface area contributed by atoms with Gasteiger partial charge in [-0.2, -0.15) is 8.42 Å². The molecule has 0 saturated heterocycles. The van der Waals surface area contributed by atoms with E-state index in [1.54, 1.807) is 18.2 Å². The molecule has 4 nitrogen and oxygen atoms in total. The van der Waals surface area contributed by atoms with Crippen molar-refractivity contribution in [3.05, 3.63) is 82.3 Å². The molecule has 6 heteroatoms. The van der Waals surface area contributed by atoms with E-state index >= 15 is 0 Å². The second-order valence-electron chi connectivity index (χ2n) is 5.61. The maximum absolute atomic E-state index is 12.1. The lowest BCUT2D eigenvalue weighted by molar-refractivity contribution is 0.340. The molecule has 2 aromatic rings. The monoisotopic (exact) mass is 371 g/mol. The maximum Gasteiger partial charge on any atom is 0.358 e. The number of nitrogens with zero attached hydrogens (tertiary/aromatic N) is 1. The Balaban J connectivity index is 1.71. The van der Waals surface area contributed by atoms with Gasteiger partial charge in [-0.3, -0.25) is 4.28 Å². The SMILES string of the molecule is Cc1ccc(S(=O)(=O)O/N=C2C=C/C(=C/c3ccccc3C)S\2)cc1. The molecule has 1 aliphatic rings. The van der Waals surface area contributed by atoms with Gasteiger partial charge < -0.3 is 0 Å². The standard InChI is InChI=1S/C19H17NO3S2/c1-14-7-10-18(11-8-14)25(21,22)23-20-19-12-9-17(24-19)13-16-6-4-3-5-15(16)2/h3-13H,1-2H3/b17-13-,20-19+. The molecule has 2 aromatic carbocycles. The summed E-state index contributed by atoms with van der Waals surface area (Å²) in [5, 5.41) is 4.27. The summed E-state index contributed by atoms with van der Waals surface area (Å²) in [6.45, 7) is 3.93. The van der Waals surface area contributed by atoms with E-state index in [0.717, 1.165) is 16.0 Å². The Bertz CT molecular complexity index is 972. The minimum absolute atomic E-state index is 0.0881. The molecule has 0 radical (unpaired) electrons. The van der Waals surface area contributed by atoms with Crippen LogP contribution in [-0.2, 0) is 14.4 Å². The summed E-state index contributed by atoms with van der Waals surface area (Å²) < 4.78 is 29.1. The van der Waals surface area contributed by atoms with Gasteiger partial charge in [0.05, 0.1) is 0 Å². The molecular formula is C19H17NO3S2. The number of thioether (sulfide) groups is 1. The summed E-state index contributed by atoms with van der Waals surface area (Å²) in [5.74, 6) is 0. The highest BCUT2D eigenvalue weighted by atomic mass is 32.2. The van der Waals surface area contributed by atoms with Gasteiger partial charge in [-0.25, -0.2) is 0 Å². The predicted molar refractivity (Wildman–Crippen MR) is 103 cm³/mol. The molecule has 0 unspecified atom stereocenters. The first-order chi connectivity index (χ1) is 11.9. The fourth-order valence-electron chi connectivity index (χ4n) is 2.20. The third kappa shape index (κ3) is 4.41. The number of allylic oxidation sites excluding steroid dienone is 1. The molecule has 1 heterocycles. The smallest absolute Gasteiger partial charge is 0.264 e. The maximum atomic E-state index is 12.1. The molecule has 0 N–H and O–H groups in total. The second-order valence-corrected chi connectivity index (χ2v) is 8.23. The van der Waals surface area contributed by atoms with Gasteiger partial charge in [0.2, 0.25) is 0 Å². The largest absolute Gasteiger partial charge is 0.358 e. The van der Waals surface area contributed by atoms with Gasteiger partial charge in [-0.1, -0.05) is 58.9 Å². The zero-order chi connectivity index (χ0) is 17.9. The lowest BCUT2D eigenvalue weighted by Gasteiger charge is -2.03. The average molecular weight is 371 g/mol. The summed E-state index contributed by atoms with van der Waals surface area (Å²) in [7, 11) is -3.90. The van der Waals surface area contributed by atoms with E-state index in [1.807, 2.05) is 50.3 Å². The lowest BCUT2D eigenvalue weighted by Crippen LogP contribution is -2.03. The van der Waals surface area contributed by atoms with Crippen molar-refractivity contribution < 1.29 is 12.7 Å². The van der Waals surface area contributed by atoms with Crippen molar-refractivity contribution in [2.75, 3.05) is 0 Å². The topological polar surface area (TPSA) is 55.7 Å². The van der Waals surface area contributed by atoms with Crippen molar-refractivity contribution in [2.45, 2.75) is 18.7 Å². The molecule has 0 bridgehead atoms. The Morgan fingerprint density at radius 2 is 1.72 bits per heavy atom. The molecule has 0 spiro atoms. The van der Waals surface area contributed by atoms with E-state index in [0.29, 0.717) is 5.04 Å². The number of oxime groups is 1. The van der Waals surface area contributed by atoms with Gasteiger partial charge in [0.25, 0.3) is 0 Å². The molecule has 0 aliphatic carbocycles. The van der Waals surface area contributed by atoms with Crippen molar-refractivity contribution in [1.82, 2.24) is 0 Å². The van der Waals surface area contributed by atoms with Crippen molar-refractivity contribution >= 4 is 33.0 Å². The minimum atomic E-state index is -3.90. The number of hydrogen-bond acceptors (Lipinski definition) is 5. The van der Waals surface area contributed by atoms with Gasteiger partial charge in [-0.05, 0) is 55.3 Å². The quantitative estimate of drug-likeness (QED) is 0.733. The zero-order valence-corrected chi connectivity index (χ0v) is 15.5. The molecule has 3 rings (SSSR count). The van der Waals surface area contributed by atoms with Gasteiger partial charge in [0.1, 0.15) is 9.94 Å². The van der Waals surface area contributed by atoms with Crippen LogP contribution in [0.15, 0.2) is 75.6 Å².